The Morgan fingerprint density at radius 3 is 2.30 bits per heavy atom. The van der Waals surface area contributed by atoms with Gasteiger partial charge in [0.15, 0.2) is 0 Å². The minimum Gasteiger partial charge on any atom is -0.335 e. The van der Waals surface area contributed by atoms with Gasteiger partial charge in [-0.15, -0.1) is 11.3 Å². The molecule has 0 aliphatic carbocycles. The van der Waals surface area contributed by atoms with Crippen molar-refractivity contribution in [3.63, 3.8) is 0 Å². The lowest BCUT2D eigenvalue weighted by Crippen LogP contribution is -2.44. The molecule has 0 spiro atoms. The van der Waals surface area contributed by atoms with Crippen molar-refractivity contribution in [1.29, 1.82) is 0 Å². The number of thiophene rings is 1. The van der Waals surface area contributed by atoms with E-state index in [1.54, 1.807) is 35.8 Å². The lowest BCUT2D eigenvalue weighted by molar-refractivity contribution is -0.133. The van der Waals surface area contributed by atoms with Gasteiger partial charge in [-0.05, 0) is 78.0 Å². The summed E-state index contributed by atoms with van der Waals surface area (Å²) < 4.78 is 28.0. The fourth-order valence-corrected chi connectivity index (χ4v) is 5.18. The maximum atomic E-state index is 13.1. The second-order valence-corrected chi connectivity index (χ2v) is 13.1. The third kappa shape index (κ3) is 9.30. The average molecular weight is 672 g/mol. The number of nitrogens with one attached hydrogen (secondary N) is 2. The quantitative estimate of drug-likeness (QED) is 0.138. The van der Waals surface area contributed by atoms with Crippen LogP contribution in [0.5, 0.6) is 0 Å². The Morgan fingerprint density at radius 2 is 1.74 bits per heavy atom. The summed E-state index contributed by atoms with van der Waals surface area (Å²) in [6.07, 6.45) is -1.52. The molecule has 0 saturated carbocycles. The normalized spacial score (nSPS) is 11.8. The molecule has 2 heterocycles. The number of carbonyl (C=O) groups excluding carboxylic acids is 4. The number of fused-ring (bicyclic) bond motifs is 1. The van der Waals surface area contributed by atoms with Gasteiger partial charge in [-0.3, -0.25) is 29.1 Å². The lowest BCUT2D eigenvalue weighted by atomic mass is 9.86. The Labute approximate surface area is 275 Å². The van der Waals surface area contributed by atoms with Crippen LogP contribution in [0.3, 0.4) is 0 Å². The number of halogens is 3. The largest absolute Gasteiger partial charge is 0.335 e. The number of alkyl halides is 2. The summed E-state index contributed by atoms with van der Waals surface area (Å²) in [7, 11) is 0. The van der Waals surface area contributed by atoms with Crippen LogP contribution < -0.4 is 10.6 Å². The fraction of sp³-hybridized carbons (Fsp3) is 0.303. The van der Waals surface area contributed by atoms with Gasteiger partial charge < -0.3 is 10.2 Å². The van der Waals surface area contributed by atoms with E-state index in [1.807, 2.05) is 30.0 Å². The Kier molecular flexibility index (Phi) is 11.9. The second kappa shape index (κ2) is 15.2. The van der Waals surface area contributed by atoms with Gasteiger partial charge in [0.2, 0.25) is 23.0 Å². The molecule has 0 aliphatic rings. The first-order chi connectivity index (χ1) is 21.5. The lowest BCUT2D eigenvalue weighted by Gasteiger charge is -2.37. The maximum Gasteiger partial charge on any atom is 0.272 e. The molecule has 2 N–H and O–H groups in total. The minimum atomic E-state index is -2.68. The smallest absolute Gasteiger partial charge is 0.272 e. The van der Waals surface area contributed by atoms with Crippen molar-refractivity contribution in [1.82, 2.24) is 14.5 Å². The van der Waals surface area contributed by atoms with E-state index in [9.17, 15) is 28.0 Å². The monoisotopic (exact) mass is 671 g/mol. The highest BCUT2D eigenvalue weighted by molar-refractivity contribution is 7.14. The van der Waals surface area contributed by atoms with Gasteiger partial charge in [-0.25, -0.2) is 13.8 Å². The zero-order valence-corrected chi connectivity index (χ0v) is 27.9. The van der Waals surface area contributed by atoms with E-state index in [2.05, 4.69) is 49.6 Å². The summed E-state index contributed by atoms with van der Waals surface area (Å²) in [6.45, 7) is 14.9. The van der Waals surface area contributed by atoms with Crippen molar-refractivity contribution in [2.45, 2.75) is 60.6 Å². The summed E-state index contributed by atoms with van der Waals surface area (Å²) in [4.78, 5) is 53.2. The Balaban J connectivity index is 0.00000136. The second-order valence-electron chi connectivity index (χ2n) is 11.5. The molecule has 4 rings (SSSR count). The van der Waals surface area contributed by atoms with Crippen molar-refractivity contribution in [3.05, 3.63) is 82.6 Å². The van der Waals surface area contributed by atoms with E-state index < -0.39 is 12.3 Å². The van der Waals surface area contributed by atoms with Crippen LogP contribution in [0.25, 0.3) is 16.7 Å². The minimum absolute atomic E-state index is 0.0319. The molecule has 0 radical (unpaired) electrons. The van der Waals surface area contributed by atoms with E-state index in [0.29, 0.717) is 40.3 Å². The number of hydrogen-bond acceptors (Lipinski definition) is 6. The molecule has 1 atom stereocenters. The summed E-state index contributed by atoms with van der Waals surface area (Å²) >= 11 is 5.35. The topological polar surface area (TPSA) is 113 Å². The van der Waals surface area contributed by atoms with Gasteiger partial charge in [-0.2, -0.15) is 0 Å². The summed E-state index contributed by atoms with van der Waals surface area (Å²) in [5.74, 6) is -0.847. The number of carbonyl (C=O) groups is 4. The Bertz CT molecular complexity index is 1760. The molecule has 2 aromatic carbocycles. The number of anilines is 2. The predicted octanol–water partition coefficient (Wildman–Crippen LogP) is 7.96. The van der Waals surface area contributed by atoms with Gasteiger partial charge in [0, 0.05) is 32.1 Å². The summed E-state index contributed by atoms with van der Waals surface area (Å²) in [6, 6.07) is 15.1. The van der Waals surface area contributed by atoms with Crippen molar-refractivity contribution >= 4 is 68.6 Å². The molecule has 9 nitrogen and oxygen atoms in total. The van der Waals surface area contributed by atoms with Crippen LogP contribution >= 0.6 is 22.9 Å². The first kappa shape index (κ1) is 36.1. The SMILES string of the molecule is C=CC(=O)Nc1cccc(-n2c(NC(=O)c3ccc(C(F)F)s3)nc3cc(CN(C(C)=O)[C@@H](C)C(C)(C)C)ccc32)c1.CC(=O)Cl. The zero-order valence-electron chi connectivity index (χ0n) is 26.4. The average Bonchev–Trinajstić information content (AvgIpc) is 3.60. The zero-order chi connectivity index (χ0) is 34.3. The first-order valence-electron chi connectivity index (χ1n) is 14.2. The van der Waals surface area contributed by atoms with Crippen LogP contribution in [-0.4, -0.2) is 43.5 Å². The molecule has 0 saturated heterocycles. The standard InChI is InChI=1S/C31H33F2N5O3S.C2H3ClO/c1-7-27(40)34-21-9-8-10-22(16-21)38-24-12-11-20(17-37(19(3)39)18(2)31(4,5)6)15-23(24)35-30(38)36-29(41)26-14-13-25(42-26)28(32)33;1-2(3)4/h7-16,18,28H,1,17H2,2-6H3,(H,34,40)(H,35,36,41);1H3/t18-;/m0./s1. The highest BCUT2D eigenvalue weighted by Gasteiger charge is 2.28. The third-order valence-electron chi connectivity index (χ3n) is 7.05. The molecule has 2 aromatic heterocycles. The molecule has 4 aromatic rings. The van der Waals surface area contributed by atoms with Crippen LogP contribution in [0.1, 0.15) is 68.1 Å². The van der Waals surface area contributed by atoms with E-state index in [-0.39, 0.29) is 44.2 Å². The van der Waals surface area contributed by atoms with E-state index in [4.69, 9.17) is 4.98 Å². The summed E-state index contributed by atoms with van der Waals surface area (Å²) in [5.41, 5.74) is 3.01. The Hall–Kier alpha value is -4.42. The maximum absolute atomic E-state index is 13.1. The molecule has 0 aliphatic heterocycles. The van der Waals surface area contributed by atoms with E-state index in [0.717, 1.165) is 11.6 Å². The molecule has 0 fully saturated rings. The van der Waals surface area contributed by atoms with Crippen molar-refractivity contribution in [2.75, 3.05) is 10.6 Å². The molecule has 46 heavy (non-hydrogen) atoms. The number of imidazole rings is 1. The predicted molar refractivity (Wildman–Crippen MR) is 179 cm³/mol. The van der Waals surface area contributed by atoms with Gasteiger partial charge in [0.25, 0.3) is 12.3 Å². The number of nitrogens with zero attached hydrogens (tertiary/aromatic N) is 3. The Morgan fingerprint density at radius 1 is 1.07 bits per heavy atom. The molecule has 3 amide bonds. The molecule has 244 valence electrons. The molecule has 0 unspecified atom stereocenters. The molecule has 13 heteroatoms. The fourth-order valence-electron chi connectivity index (χ4n) is 4.43. The van der Waals surface area contributed by atoms with E-state index >= 15 is 0 Å². The van der Waals surface area contributed by atoms with Crippen LogP contribution in [-0.2, 0) is 20.9 Å². The molecular weight excluding hydrogens is 636 g/mol. The van der Waals surface area contributed by atoms with Crippen molar-refractivity contribution in [2.24, 2.45) is 5.41 Å². The molecule has 0 bridgehead atoms. The third-order valence-corrected chi connectivity index (χ3v) is 8.14. The number of hydrogen-bond donors (Lipinski definition) is 2. The van der Waals surface area contributed by atoms with Gasteiger partial charge >= 0.3 is 0 Å². The van der Waals surface area contributed by atoms with E-state index in [1.165, 1.54) is 19.1 Å². The van der Waals surface area contributed by atoms with Crippen LogP contribution in [0.15, 0.2) is 67.3 Å². The number of aromatic nitrogens is 2. The highest BCUT2D eigenvalue weighted by atomic mass is 35.5. The van der Waals surface area contributed by atoms with Crippen LogP contribution in [0.2, 0.25) is 0 Å². The summed E-state index contributed by atoms with van der Waals surface area (Å²) in [5, 5.41) is 5.12. The first-order valence-corrected chi connectivity index (χ1v) is 15.4. The van der Waals surface area contributed by atoms with Crippen LogP contribution in [0.4, 0.5) is 20.4 Å². The highest BCUT2D eigenvalue weighted by Crippen LogP contribution is 2.31. The van der Waals surface area contributed by atoms with Gasteiger partial charge in [-0.1, -0.05) is 39.5 Å². The van der Waals surface area contributed by atoms with Crippen molar-refractivity contribution in [3.8, 4) is 5.69 Å². The number of rotatable bonds is 9. The molecular formula is C33H36ClF2N5O4S. The van der Waals surface area contributed by atoms with Gasteiger partial charge in [0.1, 0.15) is 0 Å². The number of amides is 3. The van der Waals surface area contributed by atoms with Crippen molar-refractivity contribution < 1.29 is 28.0 Å². The van der Waals surface area contributed by atoms with Gasteiger partial charge in [0.05, 0.1) is 26.5 Å². The number of benzene rings is 2. The van der Waals surface area contributed by atoms with Crippen LogP contribution in [0, 0.1) is 5.41 Å².